The minimum atomic E-state index is -4.59. The average Bonchev–Trinajstić information content (AvgIpc) is 2.67. The highest BCUT2D eigenvalue weighted by molar-refractivity contribution is 5.92. The van der Waals surface area contributed by atoms with Crippen molar-refractivity contribution in [1.29, 1.82) is 0 Å². The van der Waals surface area contributed by atoms with Gasteiger partial charge in [0.2, 0.25) is 5.43 Å². The van der Waals surface area contributed by atoms with E-state index in [4.69, 9.17) is 0 Å². The van der Waals surface area contributed by atoms with Gasteiger partial charge in [-0.2, -0.15) is 18.3 Å². The number of hydrogen-bond donors (Lipinski definition) is 0. The molecule has 1 aromatic heterocycles. The number of aryl methyl sites for hydroxylation is 1. The Bertz CT molecular complexity index is 961. The van der Waals surface area contributed by atoms with E-state index in [1.807, 2.05) is 0 Å². The van der Waals surface area contributed by atoms with Crippen molar-refractivity contribution in [3.05, 3.63) is 57.5 Å². The lowest BCUT2D eigenvalue weighted by Gasteiger charge is -2.36. The van der Waals surface area contributed by atoms with Crippen molar-refractivity contribution in [3.63, 3.8) is 0 Å². The van der Waals surface area contributed by atoms with E-state index in [9.17, 15) is 22.8 Å². The summed E-state index contributed by atoms with van der Waals surface area (Å²) in [6, 6.07) is 6.45. The number of halogens is 3. The number of carbonyl (C=O) groups excluding carboxylic acids is 1. The maximum atomic E-state index is 13.4. The van der Waals surface area contributed by atoms with Gasteiger partial charge in [0.05, 0.1) is 11.3 Å². The number of amides is 1. The summed E-state index contributed by atoms with van der Waals surface area (Å²) in [5.41, 5.74) is -1.86. The molecular weight excluding hydrogens is 385 g/mol. The molecule has 1 aromatic carbocycles. The van der Waals surface area contributed by atoms with Gasteiger partial charge in [-0.05, 0) is 32.9 Å². The first-order valence-corrected chi connectivity index (χ1v) is 9.40. The predicted molar refractivity (Wildman–Crippen MR) is 102 cm³/mol. The molecule has 1 aliphatic rings. The summed E-state index contributed by atoms with van der Waals surface area (Å²) in [4.78, 5) is 29.0. The van der Waals surface area contributed by atoms with Gasteiger partial charge >= 0.3 is 6.18 Å². The Morgan fingerprint density at radius 3 is 2.31 bits per heavy atom. The second kappa shape index (κ2) is 7.98. The maximum absolute atomic E-state index is 13.4. The molecule has 1 amide bonds. The van der Waals surface area contributed by atoms with Gasteiger partial charge in [0.25, 0.3) is 5.91 Å². The molecule has 0 unspecified atom stereocenters. The van der Waals surface area contributed by atoms with E-state index < -0.39 is 23.1 Å². The van der Waals surface area contributed by atoms with Crippen LogP contribution in [-0.2, 0) is 6.18 Å². The Kier molecular flexibility index (Phi) is 5.79. The topological polar surface area (TPSA) is 58.4 Å². The quantitative estimate of drug-likeness (QED) is 0.784. The van der Waals surface area contributed by atoms with Crippen LogP contribution in [0.2, 0.25) is 0 Å². The standard InChI is InChI=1S/C20H23F3N4O2/c1-13(2)25-8-10-26(11-9-25)19(29)18-17(28)12-14(3)27(24-18)16-7-5-4-6-15(16)20(21,22)23/h4-7,12-13H,8-11H2,1-3H3. The molecule has 156 valence electrons. The van der Waals surface area contributed by atoms with E-state index in [0.29, 0.717) is 32.2 Å². The fraction of sp³-hybridized carbons (Fsp3) is 0.450. The molecule has 6 nitrogen and oxygen atoms in total. The van der Waals surface area contributed by atoms with Gasteiger partial charge in [-0.1, -0.05) is 12.1 Å². The largest absolute Gasteiger partial charge is 0.418 e. The van der Waals surface area contributed by atoms with Crippen molar-refractivity contribution in [2.45, 2.75) is 33.0 Å². The van der Waals surface area contributed by atoms with Crippen molar-refractivity contribution in [2.24, 2.45) is 0 Å². The lowest BCUT2D eigenvalue weighted by molar-refractivity contribution is -0.137. The minimum Gasteiger partial charge on any atom is -0.335 e. The van der Waals surface area contributed by atoms with Crippen molar-refractivity contribution in [2.75, 3.05) is 26.2 Å². The van der Waals surface area contributed by atoms with Crippen molar-refractivity contribution in [3.8, 4) is 5.69 Å². The van der Waals surface area contributed by atoms with E-state index >= 15 is 0 Å². The fourth-order valence-electron chi connectivity index (χ4n) is 3.43. The zero-order valence-corrected chi connectivity index (χ0v) is 16.5. The highest BCUT2D eigenvalue weighted by Gasteiger charge is 2.34. The lowest BCUT2D eigenvalue weighted by Crippen LogP contribution is -2.51. The third-order valence-corrected chi connectivity index (χ3v) is 5.08. The van der Waals surface area contributed by atoms with Crippen molar-refractivity contribution < 1.29 is 18.0 Å². The predicted octanol–water partition coefficient (Wildman–Crippen LogP) is 2.73. The normalized spacial score (nSPS) is 15.8. The average molecular weight is 408 g/mol. The van der Waals surface area contributed by atoms with Gasteiger partial charge in [-0.15, -0.1) is 0 Å². The van der Waals surface area contributed by atoms with E-state index in [1.54, 1.807) is 0 Å². The van der Waals surface area contributed by atoms with Gasteiger partial charge in [0.15, 0.2) is 5.69 Å². The van der Waals surface area contributed by atoms with Gasteiger partial charge in [0.1, 0.15) is 0 Å². The smallest absolute Gasteiger partial charge is 0.335 e. The number of rotatable bonds is 3. The van der Waals surface area contributed by atoms with Crippen LogP contribution in [0.5, 0.6) is 0 Å². The molecule has 0 atom stereocenters. The van der Waals surface area contributed by atoms with Crippen LogP contribution in [0.25, 0.3) is 5.69 Å². The number of carbonyl (C=O) groups is 1. The third-order valence-electron chi connectivity index (χ3n) is 5.08. The second-order valence-electron chi connectivity index (χ2n) is 7.35. The number of alkyl halides is 3. The molecule has 2 aromatic rings. The lowest BCUT2D eigenvalue weighted by atomic mass is 10.1. The monoisotopic (exact) mass is 408 g/mol. The van der Waals surface area contributed by atoms with Crippen molar-refractivity contribution in [1.82, 2.24) is 19.6 Å². The van der Waals surface area contributed by atoms with E-state index in [-0.39, 0.29) is 17.1 Å². The van der Waals surface area contributed by atoms with Gasteiger partial charge in [0, 0.05) is 44.0 Å². The zero-order chi connectivity index (χ0) is 21.3. The summed E-state index contributed by atoms with van der Waals surface area (Å²) >= 11 is 0. The summed E-state index contributed by atoms with van der Waals surface area (Å²) in [6.45, 7) is 7.82. The summed E-state index contributed by atoms with van der Waals surface area (Å²) in [7, 11) is 0. The molecular formula is C20H23F3N4O2. The highest BCUT2D eigenvalue weighted by atomic mass is 19.4. The Morgan fingerprint density at radius 2 is 1.72 bits per heavy atom. The molecule has 9 heteroatoms. The zero-order valence-electron chi connectivity index (χ0n) is 16.5. The fourth-order valence-corrected chi connectivity index (χ4v) is 3.43. The molecule has 0 N–H and O–H groups in total. The van der Waals surface area contributed by atoms with E-state index in [1.165, 1.54) is 30.0 Å². The SMILES string of the molecule is Cc1cc(=O)c(C(=O)N2CCN(C(C)C)CC2)nn1-c1ccccc1C(F)(F)F. The molecule has 29 heavy (non-hydrogen) atoms. The van der Waals surface area contributed by atoms with Crippen LogP contribution in [0.15, 0.2) is 35.1 Å². The summed E-state index contributed by atoms with van der Waals surface area (Å²) < 4.78 is 41.3. The number of piperazine rings is 1. The van der Waals surface area contributed by atoms with Crippen LogP contribution in [0.1, 0.15) is 35.6 Å². The summed E-state index contributed by atoms with van der Waals surface area (Å²) in [6.07, 6.45) is -4.59. The molecule has 0 bridgehead atoms. The van der Waals surface area contributed by atoms with E-state index in [2.05, 4.69) is 23.8 Å². The molecule has 0 spiro atoms. The first kappa shape index (κ1) is 21.0. The van der Waals surface area contributed by atoms with Crippen LogP contribution >= 0.6 is 0 Å². The Balaban J connectivity index is 1.98. The van der Waals surface area contributed by atoms with Crippen molar-refractivity contribution >= 4 is 5.91 Å². The molecule has 0 saturated carbocycles. The first-order chi connectivity index (χ1) is 13.6. The number of hydrogen-bond acceptors (Lipinski definition) is 4. The van der Waals surface area contributed by atoms with Gasteiger partial charge in [-0.25, -0.2) is 4.68 Å². The third kappa shape index (κ3) is 4.34. The number of para-hydroxylation sites is 1. The number of aromatic nitrogens is 2. The second-order valence-corrected chi connectivity index (χ2v) is 7.35. The highest BCUT2D eigenvalue weighted by Crippen LogP contribution is 2.33. The van der Waals surface area contributed by atoms with Gasteiger partial charge in [-0.3, -0.25) is 14.5 Å². The number of nitrogens with zero attached hydrogens (tertiary/aromatic N) is 4. The molecule has 3 rings (SSSR count). The van der Waals surface area contributed by atoms with E-state index in [0.717, 1.165) is 16.8 Å². The Morgan fingerprint density at radius 1 is 1.10 bits per heavy atom. The van der Waals surface area contributed by atoms with Crippen LogP contribution in [0.4, 0.5) is 13.2 Å². The maximum Gasteiger partial charge on any atom is 0.418 e. The molecule has 1 aliphatic heterocycles. The molecule has 1 saturated heterocycles. The van der Waals surface area contributed by atoms with Gasteiger partial charge < -0.3 is 4.90 Å². The van der Waals surface area contributed by atoms with Crippen LogP contribution < -0.4 is 5.43 Å². The molecule has 0 radical (unpaired) electrons. The van der Waals surface area contributed by atoms with Crippen LogP contribution in [0, 0.1) is 6.92 Å². The summed E-state index contributed by atoms with van der Waals surface area (Å²) in [5.74, 6) is -0.559. The first-order valence-electron chi connectivity index (χ1n) is 9.40. The molecule has 2 heterocycles. The summed E-state index contributed by atoms with van der Waals surface area (Å²) in [5, 5.41) is 4.04. The van der Waals surface area contributed by atoms with Crippen LogP contribution in [-0.4, -0.2) is 57.7 Å². The number of benzene rings is 1. The minimum absolute atomic E-state index is 0.216. The Hall–Kier alpha value is -2.68. The Labute approximate surface area is 166 Å². The van der Waals surface area contributed by atoms with Crippen LogP contribution in [0.3, 0.4) is 0 Å². The molecule has 1 fully saturated rings. The molecule has 0 aliphatic carbocycles.